The first-order valence-electron chi connectivity index (χ1n) is 5.86. The maximum absolute atomic E-state index is 12.0. The van der Waals surface area contributed by atoms with Gasteiger partial charge in [0.2, 0.25) is 5.91 Å². The summed E-state index contributed by atoms with van der Waals surface area (Å²) in [5.41, 5.74) is 0.512. The van der Waals surface area contributed by atoms with E-state index in [4.69, 9.17) is 4.42 Å². The van der Waals surface area contributed by atoms with E-state index < -0.39 is 0 Å². The van der Waals surface area contributed by atoms with Gasteiger partial charge in [0.05, 0.1) is 11.8 Å². The van der Waals surface area contributed by atoms with Crippen molar-refractivity contribution in [2.45, 2.75) is 18.9 Å². The van der Waals surface area contributed by atoms with Crippen LogP contribution in [0.15, 0.2) is 23.0 Å². The third kappa shape index (κ3) is 1.92. The molecule has 1 aromatic heterocycles. The topological polar surface area (TPSA) is 53.8 Å². The smallest absolute Gasteiger partial charge is 0.257 e. The van der Waals surface area contributed by atoms with Gasteiger partial charge in [0, 0.05) is 19.1 Å². The number of amides is 2. The Hall–Kier alpha value is -1.78. The van der Waals surface area contributed by atoms with Crippen LogP contribution in [0.1, 0.15) is 23.2 Å². The molecule has 1 aliphatic heterocycles. The number of hydrogen-bond donors (Lipinski definition) is 0. The molecule has 17 heavy (non-hydrogen) atoms. The third-order valence-corrected chi connectivity index (χ3v) is 3.30. The lowest BCUT2D eigenvalue weighted by molar-refractivity contribution is -0.135. The van der Waals surface area contributed by atoms with E-state index in [1.807, 2.05) is 4.90 Å². The van der Waals surface area contributed by atoms with E-state index in [-0.39, 0.29) is 18.4 Å². The normalized spacial score (nSPS) is 20.8. The molecule has 0 atom stereocenters. The number of nitrogens with zero attached hydrogens (tertiary/aromatic N) is 2. The molecule has 0 aromatic carbocycles. The first kappa shape index (κ1) is 10.4. The second-order valence-corrected chi connectivity index (χ2v) is 4.56. The van der Waals surface area contributed by atoms with E-state index in [1.54, 1.807) is 11.0 Å². The average molecular weight is 234 g/mol. The van der Waals surface area contributed by atoms with Crippen molar-refractivity contribution >= 4 is 11.8 Å². The van der Waals surface area contributed by atoms with E-state index in [0.717, 1.165) is 12.8 Å². The van der Waals surface area contributed by atoms with Gasteiger partial charge in [-0.05, 0) is 18.9 Å². The molecule has 1 aromatic rings. The van der Waals surface area contributed by atoms with Crippen LogP contribution < -0.4 is 0 Å². The molecule has 1 aliphatic carbocycles. The van der Waals surface area contributed by atoms with Crippen molar-refractivity contribution in [2.75, 3.05) is 19.6 Å². The summed E-state index contributed by atoms with van der Waals surface area (Å²) >= 11 is 0. The van der Waals surface area contributed by atoms with Crippen molar-refractivity contribution in [3.05, 3.63) is 24.2 Å². The number of carbonyl (C=O) groups is 2. The minimum atomic E-state index is -0.123. The van der Waals surface area contributed by atoms with Crippen LogP contribution in [0, 0.1) is 0 Å². The van der Waals surface area contributed by atoms with Gasteiger partial charge in [-0.3, -0.25) is 9.59 Å². The number of hydrogen-bond acceptors (Lipinski definition) is 3. The molecular formula is C12H14N2O3. The SMILES string of the molecule is O=C(c1ccoc1)N1CCN(C2CC2)C(=O)C1. The van der Waals surface area contributed by atoms with Crippen molar-refractivity contribution < 1.29 is 14.0 Å². The Labute approximate surface area is 99.0 Å². The Morgan fingerprint density at radius 3 is 2.76 bits per heavy atom. The van der Waals surface area contributed by atoms with Crippen LogP contribution in [0.4, 0.5) is 0 Å². The van der Waals surface area contributed by atoms with Crippen LogP contribution in [-0.2, 0) is 4.79 Å². The van der Waals surface area contributed by atoms with Gasteiger partial charge < -0.3 is 14.2 Å². The lowest BCUT2D eigenvalue weighted by atomic mass is 10.2. The molecule has 3 rings (SSSR count). The number of carbonyl (C=O) groups excluding carboxylic acids is 2. The van der Waals surface area contributed by atoms with Crippen molar-refractivity contribution in [1.29, 1.82) is 0 Å². The summed E-state index contributed by atoms with van der Waals surface area (Å²) in [6.45, 7) is 1.47. The Morgan fingerprint density at radius 2 is 2.18 bits per heavy atom. The molecule has 0 spiro atoms. The molecule has 0 radical (unpaired) electrons. The first-order chi connectivity index (χ1) is 8.25. The van der Waals surface area contributed by atoms with E-state index in [1.165, 1.54) is 12.5 Å². The zero-order valence-electron chi connectivity index (χ0n) is 9.46. The van der Waals surface area contributed by atoms with Crippen LogP contribution in [0.25, 0.3) is 0 Å². The van der Waals surface area contributed by atoms with Crippen molar-refractivity contribution in [2.24, 2.45) is 0 Å². The fourth-order valence-corrected chi connectivity index (χ4v) is 2.20. The number of rotatable bonds is 2. The zero-order valence-corrected chi connectivity index (χ0v) is 9.46. The molecule has 2 amide bonds. The molecule has 5 nitrogen and oxygen atoms in total. The lowest BCUT2D eigenvalue weighted by Crippen LogP contribution is -2.52. The van der Waals surface area contributed by atoms with Gasteiger partial charge in [0.1, 0.15) is 12.8 Å². The standard InChI is InChI=1S/C12H14N2O3/c15-11-7-13(4-5-14(11)10-1-2-10)12(16)9-3-6-17-8-9/h3,6,8,10H,1-2,4-5,7H2. The Balaban J connectivity index is 1.67. The summed E-state index contributed by atoms with van der Waals surface area (Å²) < 4.78 is 4.88. The molecule has 2 heterocycles. The van der Waals surface area contributed by atoms with Gasteiger partial charge in [-0.2, -0.15) is 0 Å². The van der Waals surface area contributed by atoms with E-state index in [9.17, 15) is 9.59 Å². The zero-order chi connectivity index (χ0) is 11.8. The van der Waals surface area contributed by atoms with Crippen LogP contribution >= 0.6 is 0 Å². The minimum absolute atomic E-state index is 0.0654. The summed E-state index contributed by atoms with van der Waals surface area (Å²) in [6.07, 6.45) is 5.11. The highest BCUT2D eigenvalue weighted by Gasteiger charge is 2.36. The maximum atomic E-state index is 12.0. The summed E-state index contributed by atoms with van der Waals surface area (Å²) in [5.74, 6) is -0.0573. The van der Waals surface area contributed by atoms with Crippen LogP contribution in [0.2, 0.25) is 0 Å². The maximum Gasteiger partial charge on any atom is 0.257 e. The summed E-state index contributed by atoms with van der Waals surface area (Å²) in [7, 11) is 0. The molecule has 1 saturated carbocycles. The Bertz CT molecular complexity index is 437. The lowest BCUT2D eigenvalue weighted by Gasteiger charge is -2.34. The molecule has 5 heteroatoms. The van der Waals surface area contributed by atoms with Gasteiger partial charge in [0.25, 0.3) is 5.91 Å². The molecule has 90 valence electrons. The third-order valence-electron chi connectivity index (χ3n) is 3.30. The monoisotopic (exact) mass is 234 g/mol. The fourth-order valence-electron chi connectivity index (χ4n) is 2.20. The Kier molecular flexibility index (Phi) is 2.39. The van der Waals surface area contributed by atoms with Crippen molar-refractivity contribution in [3.8, 4) is 0 Å². The first-order valence-corrected chi connectivity index (χ1v) is 5.86. The van der Waals surface area contributed by atoms with Crippen molar-refractivity contribution in [1.82, 2.24) is 9.80 Å². The van der Waals surface area contributed by atoms with Crippen LogP contribution in [-0.4, -0.2) is 47.3 Å². The number of furan rings is 1. The van der Waals surface area contributed by atoms with E-state index in [2.05, 4.69) is 0 Å². The van der Waals surface area contributed by atoms with Crippen LogP contribution in [0.5, 0.6) is 0 Å². The highest BCUT2D eigenvalue weighted by Crippen LogP contribution is 2.28. The number of piperazine rings is 1. The highest BCUT2D eigenvalue weighted by molar-refractivity contribution is 5.96. The van der Waals surface area contributed by atoms with Gasteiger partial charge >= 0.3 is 0 Å². The largest absolute Gasteiger partial charge is 0.472 e. The molecule has 1 saturated heterocycles. The fraction of sp³-hybridized carbons (Fsp3) is 0.500. The second kappa shape index (κ2) is 3.91. The van der Waals surface area contributed by atoms with Gasteiger partial charge in [-0.15, -0.1) is 0 Å². The molecule has 0 unspecified atom stereocenters. The Morgan fingerprint density at radius 1 is 1.35 bits per heavy atom. The minimum Gasteiger partial charge on any atom is -0.472 e. The van der Waals surface area contributed by atoms with E-state index >= 15 is 0 Å². The molecule has 2 aliphatic rings. The van der Waals surface area contributed by atoms with Gasteiger partial charge in [0.15, 0.2) is 0 Å². The predicted octanol–water partition coefficient (Wildman–Crippen LogP) is 0.726. The van der Waals surface area contributed by atoms with Crippen molar-refractivity contribution in [3.63, 3.8) is 0 Å². The molecule has 2 fully saturated rings. The van der Waals surface area contributed by atoms with Gasteiger partial charge in [-0.25, -0.2) is 0 Å². The second-order valence-electron chi connectivity index (χ2n) is 4.56. The molecule has 0 N–H and O–H groups in total. The average Bonchev–Trinajstić information content (AvgIpc) is 3.02. The summed E-state index contributed by atoms with van der Waals surface area (Å²) in [5, 5.41) is 0. The highest BCUT2D eigenvalue weighted by atomic mass is 16.3. The van der Waals surface area contributed by atoms with Crippen LogP contribution in [0.3, 0.4) is 0 Å². The quantitative estimate of drug-likeness (QED) is 0.758. The van der Waals surface area contributed by atoms with Gasteiger partial charge in [-0.1, -0.05) is 0 Å². The summed E-state index contributed by atoms with van der Waals surface area (Å²) in [6, 6.07) is 2.06. The summed E-state index contributed by atoms with van der Waals surface area (Å²) in [4.78, 5) is 27.4. The molecular weight excluding hydrogens is 220 g/mol. The predicted molar refractivity (Wildman–Crippen MR) is 59.3 cm³/mol. The van der Waals surface area contributed by atoms with E-state index in [0.29, 0.717) is 24.7 Å². The molecule has 0 bridgehead atoms.